The molecule has 8 nitrogen and oxygen atoms in total. The van der Waals surface area contributed by atoms with E-state index in [0.717, 1.165) is 0 Å². The van der Waals surface area contributed by atoms with E-state index in [1.807, 2.05) is 0 Å². The maximum Gasteiger partial charge on any atom is 2.00 e. The maximum atomic E-state index is 10.4. The number of ether oxygens (including phenoxy) is 2. The van der Waals surface area contributed by atoms with Gasteiger partial charge < -0.3 is 29.3 Å². The van der Waals surface area contributed by atoms with Crippen molar-refractivity contribution in [2.45, 2.75) is 79.4 Å². The Bertz CT molecular complexity index is 348. The van der Waals surface area contributed by atoms with Crippen LogP contribution in [-0.4, -0.2) is 72.0 Å². The van der Waals surface area contributed by atoms with E-state index in [1.165, 1.54) is 12.6 Å². The van der Waals surface area contributed by atoms with Crippen LogP contribution in [0.15, 0.2) is 0 Å². The Kier molecular flexibility index (Phi) is 33.8. The molecule has 0 aliphatic carbocycles. The fraction of sp³-hybridized carbons (Fsp3) is 0.800. The number of hydrogen-bond donors (Lipinski definition) is 2. The molecule has 0 atom stereocenters. The van der Waals surface area contributed by atoms with E-state index in [2.05, 4.69) is 0 Å². The molecular formula is C20H38O8Ti. The predicted molar refractivity (Wildman–Crippen MR) is 108 cm³/mol. The Morgan fingerprint density at radius 3 is 1.07 bits per heavy atom. The summed E-state index contributed by atoms with van der Waals surface area (Å²) in [5.74, 6) is -0.432. The summed E-state index contributed by atoms with van der Waals surface area (Å²) in [4.78, 5) is 40.0. The number of Topliss-reactive ketones (excluding diaryl/α,β-unsaturated/α-hetero) is 2. The third-order valence-electron chi connectivity index (χ3n) is 1.47. The molecule has 0 amide bonds. The first kappa shape index (κ1) is 38.8. The van der Waals surface area contributed by atoms with Gasteiger partial charge in [0.25, 0.3) is 0 Å². The van der Waals surface area contributed by atoms with E-state index in [1.54, 1.807) is 55.4 Å². The maximum absolute atomic E-state index is 10.4. The van der Waals surface area contributed by atoms with Crippen molar-refractivity contribution in [3.63, 3.8) is 0 Å². The van der Waals surface area contributed by atoms with Crippen LogP contribution in [0.3, 0.4) is 0 Å². The monoisotopic (exact) mass is 454 g/mol. The van der Waals surface area contributed by atoms with Crippen LogP contribution in [0.2, 0.25) is 0 Å². The predicted octanol–water partition coefficient (Wildman–Crippen LogP) is 1.74. The molecule has 170 valence electrons. The summed E-state index contributed by atoms with van der Waals surface area (Å²) in [7, 11) is 0. The van der Waals surface area contributed by atoms with E-state index in [0.29, 0.717) is 13.2 Å². The number of aliphatic hydroxyl groups is 2. The van der Waals surface area contributed by atoms with Gasteiger partial charge in [-0.1, -0.05) is 12.8 Å². The fourth-order valence-corrected chi connectivity index (χ4v) is 0.695. The average molecular weight is 454 g/mol. The van der Waals surface area contributed by atoms with E-state index in [9.17, 15) is 19.2 Å². The van der Waals surface area contributed by atoms with Crippen LogP contribution in [0.4, 0.5) is 0 Å². The van der Waals surface area contributed by atoms with Gasteiger partial charge >= 0.3 is 21.7 Å². The van der Waals surface area contributed by atoms with Crippen LogP contribution in [0.25, 0.3) is 0 Å². The average Bonchev–Trinajstić information content (AvgIpc) is 2.49. The van der Waals surface area contributed by atoms with Crippen LogP contribution in [-0.2, 0) is 50.4 Å². The molecule has 0 spiro atoms. The third-order valence-corrected chi connectivity index (χ3v) is 1.47. The molecule has 0 rings (SSSR count). The van der Waals surface area contributed by atoms with Crippen LogP contribution in [0.1, 0.15) is 68.2 Å². The van der Waals surface area contributed by atoms with Gasteiger partial charge in [0.15, 0.2) is 0 Å². The van der Waals surface area contributed by atoms with Crippen LogP contribution in [0.5, 0.6) is 0 Å². The first-order valence-corrected chi connectivity index (χ1v) is 8.95. The normalized spacial score (nSPS) is 9.72. The fourth-order valence-electron chi connectivity index (χ4n) is 0.695. The first-order valence-electron chi connectivity index (χ1n) is 8.95. The van der Waals surface area contributed by atoms with Crippen molar-refractivity contribution < 1.29 is 60.6 Å². The number of carbonyl (C=O) groups excluding carboxylic acids is 4. The SMILES string of the molecule is CC(C)(C)O.CC(C)(C)O.CCOCC(=O)C[C-]=O.CCOCC(=O)C[C-]=O.[Ti+2]. The minimum absolute atomic E-state index is 0. The van der Waals surface area contributed by atoms with Gasteiger partial charge in [-0.25, -0.2) is 0 Å². The summed E-state index contributed by atoms with van der Waals surface area (Å²) in [5.41, 5.74) is -1.00. The second-order valence-electron chi connectivity index (χ2n) is 7.34. The van der Waals surface area contributed by atoms with Gasteiger partial charge in [0, 0.05) is 13.2 Å². The van der Waals surface area contributed by atoms with E-state index >= 15 is 0 Å². The van der Waals surface area contributed by atoms with Crippen molar-refractivity contribution >= 4 is 24.1 Å². The third kappa shape index (κ3) is 99.0. The molecule has 0 aromatic carbocycles. The molecule has 0 aliphatic heterocycles. The molecule has 2 N–H and O–H groups in total. The number of hydrogen-bond acceptors (Lipinski definition) is 8. The summed E-state index contributed by atoms with van der Waals surface area (Å²) in [6, 6.07) is 0. The minimum Gasteiger partial charge on any atom is -0.541 e. The van der Waals surface area contributed by atoms with Crippen LogP contribution in [0, 0.1) is 0 Å². The van der Waals surface area contributed by atoms with Gasteiger partial charge in [-0.05, 0) is 55.4 Å². The van der Waals surface area contributed by atoms with Crippen molar-refractivity contribution in [2.24, 2.45) is 0 Å². The Hall–Kier alpha value is -0.766. The Labute approximate surface area is 190 Å². The molecule has 0 unspecified atom stereocenters. The number of rotatable bonds is 10. The van der Waals surface area contributed by atoms with Crippen molar-refractivity contribution in [1.29, 1.82) is 0 Å². The Balaban J connectivity index is -0.0000000907. The summed E-state index contributed by atoms with van der Waals surface area (Å²) < 4.78 is 9.44. The zero-order chi connectivity index (χ0) is 23.2. The molecule has 29 heavy (non-hydrogen) atoms. The standard InChI is InChI=1S/2C6H9O3.2C4H10O.Ti/c2*1-2-9-5-6(8)3-4-7;2*1-4(2,3)5;/h2*2-3,5H2,1H3;2*5H,1-3H3;/q2*-1;;;+2. The molecule has 0 fully saturated rings. The van der Waals surface area contributed by atoms with Crippen molar-refractivity contribution in [3.8, 4) is 0 Å². The smallest absolute Gasteiger partial charge is 0.541 e. The van der Waals surface area contributed by atoms with E-state index in [4.69, 9.17) is 19.7 Å². The zero-order valence-electron chi connectivity index (χ0n) is 19.1. The molecule has 0 heterocycles. The van der Waals surface area contributed by atoms with Crippen molar-refractivity contribution in [1.82, 2.24) is 0 Å². The summed E-state index contributed by atoms with van der Waals surface area (Å²) >= 11 is 0. The summed E-state index contributed by atoms with van der Waals surface area (Å²) in [6.45, 7) is 15.1. The molecule has 9 heteroatoms. The van der Waals surface area contributed by atoms with Gasteiger partial charge in [-0.3, -0.25) is 22.2 Å². The zero-order valence-corrected chi connectivity index (χ0v) is 20.6. The van der Waals surface area contributed by atoms with Gasteiger partial charge in [0.1, 0.15) is 24.8 Å². The van der Waals surface area contributed by atoms with E-state index < -0.39 is 11.2 Å². The second-order valence-corrected chi connectivity index (χ2v) is 7.34. The molecule has 0 saturated heterocycles. The molecule has 0 bridgehead atoms. The quantitative estimate of drug-likeness (QED) is 0.290. The van der Waals surface area contributed by atoms with Gasteiger partial charge in [-0.2, -0.15) is 0 Å². The summed E-state index contributed by atoms with van der Waals surface area (Å²) in [6.07, 6.45) is 2.69. The van der Waals surface area contributed by atoms with Gasteiger partial charge in [0.05, 0.1) is 11.2 Å². The number of ketones is 2. The Morgan fingerprint density at radius 1 is 0.724 bits per heavy atom. The number of carbonyl (C=O) groups is 2. The summed E-state index contributed by atoms with van der Waals surface area (Å²) in [5, 5.41) is 17.0. The molecule has 0 radical (unpaired) electrons. The largest absolute Gasteiger partial charge is 2.00 e. The minimum atomic E-state index is -0.500. The molecule has 0 aliphatic rings. The molecule has 0 saturated carbocycles. The van der Waals surface area contributed by atoms with Crippen LogP contribution < -0.4 is 0 Å². The van der Waals surface area contributed by atoms with Crippen molar-refractivity contribution in [2.75, 3.05) is 26.4 Å². The first-order chi connectivity index (χ1) is 12.6. The van der Waals surface area contributed by atoms with E-state index in [-0.39, 0.29) is 59.3 Å². The van der Waals surface area contributed by atoms with Crippen molar-refractivity contribution in [3.05, 3.63) is 0 Å². The van der Waals surface area contributed by atoms with Gasteiger partial charge in [0.2, 0.25) is 0 Å². The molecule has 0 aromatic rings. The molecule has 0 aromatic heterocycles. The second kappa shape index (κ2) is 25.3. The topological polar surface area (TPSA) is 127 Å². The van der Waals surface area contributed by atoms with Gasteiger partial charge in [-0.15, -0.1) is 0 Å². The van der Waals surface area contributed by atoms with Crippen LogP contribution >= 0.6 is 0 Å². The molecular weight excluding hydrogens is 416 g/mol. The Morgan fingerprint density at radius 2 is 0.931 bits per heavy atom.